The van der Waals surface area contributed by atoms with Gasteiger partial charge in [-0.1, -0.05) is 49.5 Å². The monoisotopic (exact) mass is 335 g/mol. The molecule has 1 fully saturated rings. The van der Waals surface area contributed by atoms with Crippen molar-refractivity contribution in [3.63, 3.8) is 0 Å². The van der Waals surface area contributed by atoms with Crippen LogP contribution in [0.3, 0.4) is 0 Å². The molecule has 1 aliphatic rings. The SMILES string of the molecule is CCCC(CBr)(CCC)CN1CCSC(CC)C1. The zero-order chi connectivity index (χ0) is 13.4. The van der Waals surface area contributed by atoms with E-state index in [1.807, 2.05) is 0 Å². The van der Waals surface area contributed by atoms with E-state index in [9.17, 15) is 0 Å². The summed E-state index contributed by atoms with van der Waals surface area (Å²) in [6.45, 7) is 10.9. The molecule has 0 N–H and O–H groups in total. The smallest absolute Gasteiger partial charge is 0.0172 e. The van der Waals surface area contributed by atoms with Crippen LogP contribution in [0.25, 0.3) is 0 Å². The number of halogens is 1. The fraction of sp³-hybridized carbons (Fsp3) is 1.00. The van der Waals surface area contributed by atoms with E-state index in [0.717, 1.165) is 5.25 Å². The molecule has 0 aromatic carbocycles. The molecule has 1 atom stereocenters. The van der Waals surface area contributed by atoms with Gasteiger partial charge in [0.2, 0.25) is 0 Å². The molecule has 0 aromatic rings. The summed E-state index contributed by atoms with van der Waals surface area (Å²) in [6, 6.07) is 0. The highest BCUT2D eigenvalue weighted by Gasteiger charge is 2.31. The summed E-state index contributed by atoms with van der Waals surface area (Å²) in [5.74, 6) is 1.33. The second kappa shape index (κ2) is 8.86. The minimum atomic E-state index is 0.518. The van der Waals surface area contributed by atoms with E-state index >= 15 is 0 Å². The molecule has 1 nitrogen and oxygen atoms in total. The van der Waals surface area contributed by atoms with Gasteiger partial charge in [-0.05, 0) is 24.7 Å². The highest BCUT2D eigenvalue weighted by atomic mass is 79.9. The third-order valence-corrected chi connectivity index (χ3v) is 6.64. The second-order valence-corrected chi connectivity index (χ2v) is 7.74. The topological polar surface area (TPSA) is 3.24 Å². The van der Waals surface area contributed by atoms with Crippen LogP contribution in [-0.4, -0.2) is 40.9 Å². The van der Waals surface area contributed by atoms with Gasteiger partial charge in [0.15, 0.2) is 0 Å². The van der Waals surface area contributed by atoms with E-state index in [4.69, 9.17) is 0 Å². The molecule has 0 spiro atoms. The quantitative estimate of drug-likeness (QED) is 0.586. The maximum absolute atomic E-state index is 3.80. The lowest BCUT2D eigenvalue weighted by molar-refractivity contribution is 0.150. The second-order valence-electron chi connectivity index (χ2n) is 5.77. The lowest BCUT2D eigenvalue weighted by Gasteiger charge is -2.40. The van der Waals surface area contributed by atoms with E-state index < -0.39 is 0 Å². The summed E-state index contributed by atoms with van der Waals surface area (Å²) >= 11 is 5.98. The largest absolute Gasteiger partial charge is 0.301 e. The summed E-state index contributed by atoms with van der Waals surface area (Å²) in [7, 11) is 0. The third-order valence-electron chi connectivity index (χ3n) is 4.08. The van der Waals surface area contributed by atoms with Crippen molar-refractivity contribution in [2.75, 3.05) is 30.7 Å². The normalized spacial score (nSPS) is 22.3. The van der Waals surface area contributed by atoms with Gasteiger partial charge in [0.05, 0.1) is 0 Å². The van der Waals surface area contributed by atoms with Crippen molar-refractivity contribution in [3.05, 3.63) is 0 Å². The summed E-state index contributed by atoms with van der Waals surface area (Å²) in [5, 5.41) is 2.04. The number of alkyl halides is 1. The lowest BCUT2D eigenvalue weighted by Crippen LogP contribution is -2.45. The molecule has 0 bridgehead atoms. The molecule has 1 rings (SSSR count). The molecule has 0 aliphatic carbocycles. The highest BCUT2D eigenvalue weighted by molar-refractivity contribution is 9.09. The maximum Gasteiger partial charge on any atom is 0.0172 e. The number of hydrogen-bond donors (Lipinski definition) is 0. The molecule has 0 amide bonds. The minimum absolute atomic E-state index is 0.518. The Morgan fingerprint density at radius 1 is 1.22 bits per heavy atom. The van der Waals surface area contributed by atoms with Gasteiger partial charge >= 0.3 is 0 Å². The number of nitrogens with zero attached hydrogens (tertiary/aromatic N) is 1. The molecular formula is C15H30BrNS. The van der Waals surface area contributed by atoms with E-state index in [1.165, 1.54) is 62.8 Å². The van der Waals surface area contributed by atoms with Crippen molar-refractivity contribution >= 4 is 27.7 Å². The van der Waals surface area contributed by atoms with Crippen LogP contribution in [0, 0.1) is 5.41 Å². The van der Waals surface area contributed by atoms with Gasteiger partial charge in [-0.3, -0.25) is 0 Å². The first-order valence-electron chi connectivity index (χ1n) is 7.59. The van der Waals surface area contributed by atoms with Crippen LogP contribution in [0.1, 0.15) is 52.9 Å². The van der Waals surface area contributed by atoms with Crippen LogP contribution < -0.4 is 0 Å². The van der Waals surface area contributed by atoms with Crippen LogP contribution in [-0.2, 0) is 0 Å². The van der Waals surface area contributed by atoms with Crippen LogP contribution in [0.5, 0.6) is 0 Å². The maximum atomic E-state index is 3.80. The summed E-state index contributed by atoms with van der Waals surface area (Å²) in [5.41, 5.74) is 0.518. The standard InChI is InChI=1S/C15H30BrNS/c1-4-7-15(12-16,8-5-2)13-17-9-10-18-14(6-3)11-17/h14H,4-13H2,1-3H3. The first-order chi connectivity index (χ1) is 8.69. The van der Waals surface area contributed by atoms with E-state index in [0.29, 0.717) is 5.41 Å². The number of thioether (sulfide) groups is 1. The molecular weight excluding hydrogens is 306 g/mol. The van der Waals surface area contributed by atoms with Gasteiger partial charge in [-0.15, -0.1) is 0 Å². The Bertz CT molecular complexity index is 217. The van der Waals surface area contributed by atoms with Crippen LogP contribution >= 0.6 is 27.7 Å². The van der Waals surface area contributed by atoms with Crippen LogP contribution in [0.4, 0.5) is 0 Å². The molecule has 1 heterocycles. The first kappa shape index (κ1) is 16.8. The minimum Gasteiger partial charge on any atom is -0.301 e. The van der Waals surface area contributed by atoms with E-state index in [2.05, 4.69) is 53.4 Å². The Labute approximate surface area is 127 Å². The Morgan fingerprint density at radius 2 is 1.89 bits per heavy atom. The van der Waals surface area contributed by atoms with Gasteiger partial charge in [0, 0.05) is 36.0 Å². The van der Waals surface area contributed by atoms with Crippen molar-refractivity contribution in [1.82, 2.24) is 4.90 Å². The number of rotatable bonds is 8. The molecule has 1 saturated heterocycles. The van der Waals surface area contributed by atoms with Gasteiger partial charge in [0.25, 0.3) is 0 Å². The molecule has 0 saturated carbocycles. The van der Waals surface area contributed by atoms with Gasteiger partial charge in [0.1, 0.15) is 0 Å². The predicted octanol–water partition coefficient (Wildman–Crippen LogP) is 4.80. The zero-order valence-electron chi connectivity index (χ0n) is 12.4. The first-order valence-corrected chi connectivity index (χ1v) is 9.76. The molecule has 0 aromatic heterocycles. The fourth-order valence-corrected chi connectivity index (χ4v) is 5.15. The third kappa shape index (κ3) is 5.05. The van der Waals surface area contributed by atoms with Crippen molar-refractivity contribution in [2.45, 2.75) is 58.1 Å². The van der Waals surface area contributed by atoms with Crippen molar-refractivity contribution in [1.29, 1.82) is 0 Å². The fourth-order valence-electron chi connectivity index (χ4n) is 3.17. The Kier molecular flexibility index (Phi) is 8.29. The Morgan fingerprint density at radius 3 is 2.39 bits per heavy atom. The lowest BCUT2D eigenvalue weighted by atomic mass is 9.80. The molecule has 18 heavy (non-hydrogen) atoms. The van der Waals surface area contributed by atoms with Gasteiger partial charge < -0.3 is 4.90 Å². The molecule has 108 valence electrons. The van der Waals surface area contributed by atoms with Gasteiger partial charge in [-0.2, -0.15) is 11.8 Å². The Hall–Kier alpha value is 0.790. The van der Waals surface area contributed by atoms with Crippen molar-refractivity contribution in [2.24, 2.45) is 5.41 Å². The molecule has 1 aliphatic heterocycles. The predicted molar refractivity (Wildman–Crippen MR) is 89.0 cm³/mol. The zero-order valence-corrected chi connectivity index (χ0v) is 14.8. The Balaban J connectivity index is 2.58. The van der Waals surface area contributed by atoms with E-state index in [-0.39, 0.29) is 0 Å². The van der Waals surface area contributed by atoms with Crippen molar-refractivity contribution in [3.8, 4) is 0 Å². The molecule has 3 heteroatoms. The average Bonchev–Trinajstić information content (AvgIpc) is 2.39. The van der Waals surface area contributed by atoms with Crippen LogP contribution in [0.2, 0.25) is 0 Å². The van der Waals surface area contributed by atoms with Gasteiger partial charge in [-0.25, -0.2) is 0 Å². The summed E-state index contributed by atoms with van der Waals surface area (Å²) in [4.78, 5) is 2.73. The molecule has 0 radical (unpaired) electrons. The number of hydrogen-bond acceptors (Lipinski definition) is 2. The summed E-state index contributed by atoms with van der Waals surface area (Å²) in [6.07, 6.45) is 6.68. The van der Waals surface area contributed by atoms with Crippen molar-refractivity contribution < 1.29 is 0 Å². The highest BCUT2D eigenvalue weighted by Crippen LogP contribution is 2.34. The van der Waals surface area contributed by atoms with Crippen LogP contribution in [0.15, 0.2) is 0 Å². The summed E-state index contributed by atoms with van der Waals surface area (Å²) < 4.78 is 0. The molecule has 1 unspecified atom stereocenters. The van der Waals surface area contributed by atoms with E-state index in [1.54, 1.807) is 0 Å². The average molecular weight is 336 g/mol.